The molecule has 1 unspecified atom stereocenters. The number of aryl methyl sites for hydroxylation is 1. The average Bonchev–Trinajstić information content (AvgIpc) is 2.70. The lowest BCUT2D eigenvalue weighted by Gasteiger charge is -2.33. The number of nitrogens with zero attached hydrogens (tertiary/aromatic N) is 2. The highest BCUT2D eigenvalue weighted by Crippen LogP contribution is 2.28. The molecule has 0 saturated carbocycles. The minimum atomic E-state index is -0.442. The molecule has 30 heavy (non-hydrogen) atoms. The molecule has 1 aliphatic heterocycles. The van der Waals surface area contributed by atoms with Crippen molar-refractivity contribution < 1.29 is 19.0 Å². The molecule has 162 valence electrons. The van der Waals surface area contributed by atoms with Crippen LogP contribution < -0.4 is 4.74 Å². The van der Waals surface area contributed by atoms with Crippen molar-refractivity contribution in [2.24, 2.45) is 0 Å². The lowest BCUT2D eigenvalue weighted by Crippen LogP contribution is -2.40. The van der Waals surface area contributed by atoms with E-state index in [1.807, 2.05) is 45.2 Å². The first-order valence-electron chi connectivity index (χ1n) is 10.5. The van der Waals surface area contributed by atoms with E-state index in [2.05, 4.69) is 28.9 Å². The molecule has 1 aromatic heterocycles. The van der Waals surface area contributed by atoms with Gasteiger partial charge in [0.25, 0.3) is 0 Å². The van der Waals surface area contributed by atoms with Crippen LogP contribution in [0.15, 0.2) is 42.7 Å². The van der Waals surface area contributed by atoms with Crippen LogP contribution in [0.5, 0.6) is 5.75 Å². The van der Waals surface area contributed by atoms with Gasteiger partial charge in [0.1, 0.15) is 18.0 Å². The van der Waals surface area contributed by atoms with Gasteiger partial charge in [-0.3, -0.25) is 14.7 Å². The van der Waals surface area contributed by atoms with Gasteiger partial charge in [0.05, 0.1) is 19.1 Å². The topological polar surface area (TPSA) is 60.9 Å². The van der Waals surface area contributed by atoms with Gasteiger partial charge in [-0.25, -0.2) is 0 Å². The van der Waals surface area contributed by atoms with Gasteiger partial charge in [-0.1, -0.05) is 12.1 Å². The normalized spacial score (nSPS) is 17.5. The SMILES string of the molecule is Cc1cc(OCc2cccnc2)ccc1C1CN(CCC(=O)OC(C)(C)C)CCO1. The average molecular weight is 413 g/mol. The van der Waals surface area contributed by atoms with Gasteiger partial charge in [-0.05, 0) is 57.0 Å². The molecule has 1 atom stereocenters. The molecule has 1 fully saturated rings. The fourth-order valence-corrected chi connectivity index (χ4v) is 3.49. The summed E-state index contributed by atoms with van der Waals surface area (Å²) < 4.78 is 17.3. The Morgan fingerprint density at radius 1 is 1.30 bits per heavy atom. The molecular formula is C24H32N2O4. The molecule has 6 heteroatoms. The van der Waals surface area contributed by atoms with Crippen LogP contribution in [-0.4, -0.2) is 47.7 Å². The van der Waals surface area contributed by atoms with Crippen LogP contribution in [0, 0.1) is 6.92 Å². The first kappa shape index (κ1) is 22.2. The third kappa shape index (κ3) is 6.82. The van der Waals surface area contributed by atoms with E-state index in [-0.39, 0.29) is 12.1 Å². The van der Waals surface area contributed by atoms with Crippen LogP contribution in [0.3, 0.4) is 0 Å². The summed E-state index contributed by atoms with van der Waals surface area (Å²) in [5, 5.41) is 0. The maximum atomic E-state index is 12.0. The van der Waals surface area contributed by atoms with Gasteiger partial charge in [-0.2, -0.15) is 0 Å². The van der Waals surface area contributed by atoms with E-state index in [4.69, 9.17) is 14.2 Å². The molecular weight excluding hydrogens is 380 g/mol. The minimum absolute atomic E-state index is 0.00948. The molecule has 2 aromatic rings. The molecule has 0 N–H and O–H groups in total. The predicted octanol–water partition coefficient (Wildman–Crippen LogP) is 4.07. The molecule has 1 saturated heterocycles. The summed E-state index contributed by atoms with van der Waals surface area (Å²) in [5.41, 5.74) is 2.89. The third-order valence-corrected chi connectivity index (χ3v) is 4.92. The summed E-state index contributed by atoms with van der Waals surface area (Å²) in [6.07, 6.45) is 3.95. The van der Waals surface area contributed by atoms with E-state index in [9.17, 15) is 4.79 Å². The van der Waals surface area contributed by atoms with Crippen molar-refractivity contribution in [2.45, 2.75) is 52.4 Å². The van der Waals surface area contributed by atoms with Crippen molar-refractivity contribution in [3.63, 3.8) is 0 Å². The van der Waals surface area contributed by atoms with Crippen LogP contribution in [0.25, 0.3) is 0 Å². The molecule has 0 radical (unpaired) electrons. The summed E-state index contributed by atoms with van der Waals surface area (Å²) in [7, 11) is 0. The van der Waals surface area contributed by atoms with Crippen LogP contribution in [0.4, 0.5) is 0 Å². The maximum Gasteiger partial charge on any atom is 0.307 e. The number of carbonyl (C=O) groups is 1. The van der Waals surface area contributed by atoms with Crippen molar-refractivity contribution in [3.05, 3.63) is 59.4 Å². The zero-order valence-corrected chi connectivity index (χ0v) is 18.4. The second-order valence-electron chi connectivity index (χ2n) is 8.66. The Hall–Kier alpha value is -2.44. The Balaban J connectivity index is 1.54. The Kier molecular flexibility index (Phi) is 7.45. The van der Waals surface area contributed by atoms with Gasteiger partial charge in [0.2, 0.25) is 0 Å². The number of rotatable bonds is 7. The highest BCUT2D eigenvalue weighted by molar-refractivity contribution is 5.70. The molecule has 0 amide bonds. The summed E-state index contributed by atoms with van der Waals surface area (Å²) in [4.78, 5) is 18.4. The second-order valence-corrected chi connectivity index (χ2v) is 8.66. The van der Waals surface area contributed by atoms with Crippen LogP contribution in [0.1, 0.15) is 50.0 Å². The number of benzene rings is 1. The molecule has 0 aliphatic carbocycles. The molecule has 1 aromatic carbocycles. The van der Waals surface area contributed by atoms with Gasteiger partial charge in [-0.15, -0.1) is 0 Å². The fraction of sp³-hybridized carbons (Fsp3) is 0.500. The van der Waals surface area contributed by atoms with Gasteiger partial charge in [0, 0.05) is 37.6 Å². The number of aromatic nitrogens is 1. The molecule has 6 nitrogen and oxygen atoms in total. The number of morpholine rings is 1. The molecule has 1 aliphatic rings. The van der Waals surface area contributed by atoms with E-state index in [1.165, 1.54) is 0 Å². The lowest BCUT2D eigenvalue weighted by molar-refractivity contribution is -0.155. The number of carbonyl (C=O) groups excluding carboxylic acids is 1. The van der Waals surface area contributed by atoms with E-state index < -0.39 is 5.60 Å². The number of ether oxygens (including phenoxy) is 3. The lowest BCUT2D eigenvalue weighted by atomic mass is 10.0. The fourth-order valence-electron chi connectivity index (χ4n) is 3.49. The Morgan fingerprint density at radius 3 is 2.83 bits per heavy atom. The van der Waals surface area contributed by atoms with E-state index in [0.29, 0.717) is 26.2 Å². The first-order chi connectivity index (χ1) is 14.3. The van der Waals surface area contributed by atoms with E-state index >= 15 is 0 Å². The third-order valence-electron chi connectivity index (χ3n) is 4.92. The van der Waals surface area contributed by atoms with Gasteiger partial charge >= 0.3 is 5.97 Å². The van der Waals surface area contributed by atoms with Gasteiger partial charge in [0.15, 0.2) is 0 Å². The highest BCUT2D eigenvalue weighted by atomic mass is 16.6. The maximum absolute atomic E-state index is 12.0. The van der Waals surface area contributed by atoms with Crippen molar-refractivity contribution >= 4 is 5.97 Å². The van der Waals surface area contributed by atoms with Crippen LogP contribution in [0.2, 0.25) is 0 Å². The van der Waals surface area contributed by atoms with Crippen molar-refractivity contribution in [1.29, 1.82) is 0 Å². The quantitative estimate of drug-likeness (QED) is 0.639. The van der Waals surface area contributed by atoms with Gasteiger partial charge < -0.3 is 14.2 Å². The number of pyridine rings is 1. The van der Waals surface area contributed by atoms with E-state index in [0.717, 1.165) is 35.5 Å². The summed E-state index contributed by atoms with van der Waals surface area (Å²) in [5.74, 6) is 0.675. The molecule has 0 bridgehead atoms. The summed E-state index contributed by atoms with van der Waals surface area (Å²) in [6.45, 7) is 11.2. The molecule has 2 heterocycles. The second kappa shape index (κ2) is 10.0. The van der Waals surface area contributed by atoms with Crippen molar-refractivity contribution in [2.75, 3.05) is 26.2 Å². The zero-order valence-electron chi connectivity index (χ0n) is 18.4. The highest BCUT2D eigenvalue weighted by Gasteiger charge is 2.24. The Labute approximate surface area is 179 Å². The Morgan fingerprint density at radius 2 is 2.13 bits per heavy atom. The predicted molar refractivity (Wildman–Crippen MR) is 115 cm³/mol. The first-order valence-corrected chi connectivity index (χ1v) is 10.5. The number of esters is 1. The standard InChI is InChI=1S/C24H32N2O4/c1-18-14-20(29-17-19-6-5-10-25-15-19)7-8-21(18)22-16-26(12-13-28-22)11-9-23(27)30-24(2,3)4/h5-8,10,14-15,22H,9,11-13,16-17H2,1-4H3. The summed E-state index contributed by atoms with van der Waals surface area (Å²) >= 11 is 0. The number of hydrogen-bond donors (Lipinski definition) is 0. The minimum Gasteiger partial charge on any atom is -0.489 e. The zero-order chi connectivity index (χ0) is 21.6. The smallest absolute Gasteiger partial charge is 0.307 e. The van der Waals surface area contributed by atoms with E-state index in [1.54, 1.807) is 6.20 Å². The molecule has 0 spiro atoms. The Bertz CT molecular complexity index is 833. The van der Waals surface area contributed by atoms with Crippen LogP contribution >= 0.6 is 0 Å². The van der Waals surface area contributed by atoms with Crippen molar-refractivity contribution in [3.8, 4) is 5.75 Å². The van der Waals surface area contributed by atoms with Crippen LogP contribution in [-0.2, 0) is 20.9 Å². The molecule has 3 rings (SSSR count). The largest absolute Gasteiger partial charge is 0.489 e. The monoisotopic (exact) mass is 412 g/mol. The van der Waals surface area contributed by atoms with Crippen molar-refractivity contribution in [1.82, 2.24) is 9.88 Å². The summed E-state index contributed by atoms with van der Waals surface area (Å²) in [6, 6.07) is 10.0. The number of hydrogen-bond acceptors (Lipinski definition) is 6.